The number of aromatic nitrogens is 2. The Morgan fingerprint density at radius 1 is 1.24 bits per heavy atom. The van der Waals surface area contributed by atoms with E-state index in [0.29, 0.717) is 23.1 Å². The topological polar surface area (TPSA) is 120 Å². The van der Waals surface area contributed by atoms with Gasteiger partial charge in [0.2, 0.25) is 0 Å². The number of carbonyl (C=O) groups is 1. The van der Waals surface area contributed by atoms with Crippen molar-refractivity contribution in [2.45, 2.75) is 44.2 Å². The van der Waals surface area contributed by atoms with Crippen LogP contribution in [0.2, 0.25) is 5.02 Å². The van der Waals surface area contributed by atoms with Crippen LogP contribution >= 0.6 is 11.6 Å². The fraction of sp³-hybridized carbons (Fsp3) is 0.280. The molecule has 0 unspecified atom stereocenters. The summed E-state index contributed by atoms with van der Waals surface area (Å²) in [5.41, 5.74) is 2.12. The maximum absolute atomic E-state index is 13.0. The minimum atomic E-state index is -5.66. The Morgan fingerprint density at radius 3 is 2.58 bits per heavy atom. The van der Waals surface area contributed by atoms with Crippen molar-refractivity contribution in [2.24, 2.45) is 5.73 Å². The summed E-state index contributed by atoms with van der Waals surface area (Å²) in [6.45, 7) is 2.23. The molecule has 2 aromatic carbocycles. The molecule has 1 fully saturated rings. The van der Waals surface area contributed by atoms with E-state index in [4.69, 9.17) is 21.8 Å². The van der Waals surface area contributed by atoms with Gasteiger partial charge in [-0.15, -0.1) is 0 Å². The number of anilines is 1. The maximum Gasteiger partial charge on any atom is 0.516 e. The zero-order valence-corrected chi connectivity index (χ0v) is 21.5. The Bertz CT molecular complexity index is 1670. The summed E-state index contributed by atoms with van der Waals surface area (Å²) in [7, 11) is -5.66. The van der Waals surface area contributed by atoms with Gasteiger partial charge in [0.1, 0.15) is 17.1 Å². The van der Waals surface area contributed by atoms with Crippen molar-refractivity contribution in [3.8, 4) is 11.3 Å². The first-order chi connectivity index (χ1) is 17.9. The standard InChI is InChI=1S/C25H22ClF3N4O4S/c1-2-19-31-21(14-8-9-14)22(24(30)34)33(19)12-13-7-10-18-16(11-13)20(26)23(37-18)15-5-3-4-6-17(15)32-38(35,36)25(27,28)29/h3-7,10-11,14,32H,2,8-9,12H2,1H3,(H2,30,34). The Kier molecular flexibility index (Phi) is 6.42. The van der Waals surface area contributed by atoms with E-state index in [2.05, 4.69) is 4.98 Å². The number of nitrogens with zero attached hydrogens (tertiary/aromatic N) is 2. The number of carbonyl (C=O) groups excluding carboxylic acids is 1. The second-order valence-corrected chi connectivity index (χ2v) is 11.1. The first-order valence-electron chi connectivity index (χ1n) is 11.7. The highest BCUT2D eigenvalue weighted by Crippen LogP contribution is 2.43. The fourth-order valence-electron chi connectivity index (χ4n) is 4.40. The maximum atomic E-state index is 13.0. The van der Waals surface area contributed by atoms with Crippen LogP contribution in [0.15, 0.2) is 46.9 Å². The molecule has 0 atom stereocenters. The van der Waals surface area contributed by atoms with Crippen LogP contribution < -0.4 is 10.5 Å². The lowest BCUT2D eigenvalue weighted by atomic mass is 10.1. The second kappa shape index (κ2) is 9.35. The van der Waals surface area contributed by atoms with E-state index < -0.39 is 21.4 Å². The van der Waals surface area contributed by atoms with Crippen molar-refractivity contribution in [3.63, 3.8) is 0 Å². The van der Waals surface area contributed by atoms with Crippen molar-refractivity contribution in [2.75, 3.05) is 4.72 Å². The largest absolute Gasteiger partial charge is 0.516 e. The van der Waals surface area contributed by atoms with Gasteiger partial charge in [0.15, 0.2) is 5.76 Å². The molecular formula is C25H22ClF3N4O4S. The number of primary amides is 1. The summed E-state index contributed by atoms with van der Waals surface area (Å²) in [4.78, 5) is 17.0. The van der Waals surface area contributed by atoms with E-state index in [-0.39, 0.29) is 34.5 Å². The minimum absolute atomic E-state index is 0.00464. The highest BCUT2D eigenvalue weighted by atomic mass is 35.5. The lowest BCUT2D eigenvalue weighted by Crippen LogP contribution is -2.30. The number of nitrogens with one attached hydrogen (secondary N) is 1. The van der Waals surface area contributed by atoms with Gasteiger partial charge in [0.05, 0.1) is 16.4 Å². The molecule has 0 saturated heterocycles. The third-order valence-electron chi connectivity index (χ3n) is 6.34. The molecule has 3 N–H and O–H groups in total. The molecule has 0 spiro atoms. The minimum Gasteiger partial charge on any atom is -0.454 e. The van der Waals surface area contributed by atoms with E-state index in [0.717, 1.165) is 29.9 Å². The average molecular weight is 567 g/mol. The van der Waals surface area contributed by atoms with Gasteiger partial charge in [0, 0.05) is 29.8 Å². The number of nitrogens with two attached hydrogens (primary N) is 1. The van der Waals surface area contributed by atoms with Crippen LogP contribution in [0, 0.1) is 0 Å². The first-order valence-corrected chi connectivity index (χ1v) is 13.6. The number of fused-ring (bicyclic) bond motifs is 1. The predicted molar refractivity (Wildman–Crippen MR) is 136 cm³/mol. The van der Waals surface area contributed by atoms with Crippen molar-refractivity contribution < 1.29 is 30.8 Å². The number of rotatable bonds is 8. The molecule has 0 aliphatic heterocycles. The first kappa shape index (κ1) is 26.1. The molecule has 2 heterocycles. The Morgan fingerprint density at radius 2 is 1.95 bits per heavy atom. The van der Waals surface area contributed by atoms with Crippen LogP contribution in [0.3, 0.4) is 0 Å². The number of sulfonamides is 1. The van der Waals surface area contributed by atoms with Crippen molar-refractivity contribution in [1.29, 1.82) is 0 Å². The van der Waals surface area contributed by atoms with Gasteiger partial charge in [-0.3, -0.25) is 9.52 Å². The summed E-state index contributed by atoms with van der Waals surface area (Å²) >= 11 is 6.61. The molecule has 13 heteroatoms. The number of amides is 1. The number of imidazole rings is 1. The van der Waals surface area contributed by atoms with E-state index >= 15 is 0 Å². The number of aryl methyl sites for hydroxylation is 1. The number of halogens is 4. The number of hydrogen-bond donors (Lipinski definition) is 2. The van der Waals surface area contributed by atoms with Crippen LogP contribution in [0.25, 0.3) is 22.3 Å². The highest BCUT2D eigenvalue weighted by molar-refractivity contribution is 7.93. The third-order valence-corrected chi connectivity index (χ3v) is 7.81. The Labute approximate surface area is 220 Å². The average Bonchev–Trinajstić information content (AvgIpc) is 3.56. The molecule has 5 rings (SSSR count). The van der Waals surface area contributed by atoms with Gasteiger partial charge in [0.25, 0.3) is 5.91 Å². The van der Waals surface area contributed by atoms with Gasteiger partial charge in [-0.25, -0.2) is 4.98 Å². The van der Waals surface area contributed by atoms with E-state index in [1.807, 2.05) is 6.92 Å². The van der Waals surface area contributed by atoms with Crippen LogP contribution in [-0.2, 0) is 23.0 Å². The molecule has 1 saturated carbocycles. The van der Waals surface area contributed by atoms with Gasteiger partial charge in [-0.1, -0.05) is 36.7 Å². The van der Waals surface area contributed by atoms with Crippen LogP contribution in [-0.4, -0.2) is 29.4 Å². The van der Waals surface area contributed by atoms with E-state index in [1.54, 1.807) is 27.5 Å². The monoisotopic (exact) mass is 566 g/mol. The van der Waals surface area contributed by atoms with E-state index in [1.165, 1.54) is 24.3 Å². The smallest absolute Gasteiger partial charge is 0.454 e. The molecule has 38 heavy (non-hydrogen) atoms. The van der Waals surface area contributed by atoms with Crippen molar-refractivity contribution in [1.82, 2.24) is 9.55 Å². The second-order valence-electron chi connectivity index (χ2n) is 9.01. The Balaban J connectivity index is 1.54. The summed E-state index contributed by atoms with van der Waals surface area (Å²) in [6.07, 6.45) is 2.51. The lowest BCUT2D eigenvalue weighted by Gasteiger charge is -2.13. The zero-order valence-electron chi connectivity index (χ0n) is 20.0. The van der Waals surface area contributed by atoms with Gasteiger partial charge in [-0.2, -0.15) is 21.6 Å². The van der Waals surface area contributed by atoms with Crippen LogP contribution in [0.1, 0.15) is 53.3 Å². The predicted octanol–water partition coefficient (Wildman–Crippen LogP) is 5.80. The number of furan rings is 1. The molecule has 1 amide bonds. The molecule has 0 radical (unpaired) electrons. The highest BCUT2D eigenvalue weighted by Gasteiger charge is 2.46. The zero-order chi connectivity index (χ0) is 27.4. The normalized spacial score (nSPS) is 14.2. The summed E-state index contributed by atoms with van der Waals surface area (Å²) in [5.74, 6) is 0.407. The van der Waals surface area contributed by atoms with Crippen LogP contribution in [0.4, 0.5) is 18.9 Å². The molecule has 1 aliphatic carbocycles. The fourth-order valence-corrected chi connectivity index (χ4v) is 5.27. The lowest BCUT2D eigenvalue weighted by molar-refractivity contribution is -0.0429. The van der Waals surface area contributed by atoms with Crippen LogP contribution in [0.5, 0.6) is 0 Å². The van der Waals surface area contributed by atoms with Crippen molar-refractivity contribution in [3.05, 3.63) is 70.3 Å². The molecule has 0 bridgehead atoms. The molecule has 4 aromatic rings. The number of alkyl halides is 3. The number of hydrogen-bond acceptors (Lipinski definition) is 5. The molecule has 2 aromatic heterocycles. The molecular weight excluding hydrogens is 545 g/mol. The summed E-state index contributed by atoms with van der Waals surface area (Å²) in [6, 6.07) is 10.6. The number of para-hydroxylation sites is 1. The Hall–Kier alpha value is -3.51. The van der Waals surface area contributed by atoms with E-state index in [9.17, 15) is 26.4 Å². The van der Waals surface area contributed by atoms with Crippen molar-refractivity contribution >= 4 is 44.2 Å². The van der Waals surface area contributed by atoms with Gasteiger partial charge < -0.3 is 14.7 Å². The SMILES string of the molecule is CCc1nc(C2CC2)c(C(N)=O)n1Cc1ccc2oc(-c3ccccc3NS(=O)(=O)C(F)(F)F)c(Cl)c2c1. The summed E-state index contributed by atoms with van der Waals surface area (Å²) < 4.78 is 71.5. The summed E-state index contributed by atoms with van der Waals surface area (Å²) in [5, 5.41) is 0.560. The molecule has 8 nitrogen and oxygen atoms in total. The molecule has 1 aliphatic rings. The molecule has 200 valence electrons. The number of benzene rings is 2. The third kappa shape index (κ3) is 4.62. The van der Waals surface area contributed by atoms with Gasteiger partial charge in [-0.05, 0) is 42.7 Å². The quantitative estimate of drug-likeness (QED) is 0.279. The van der Waals surface area contributed by atoms with Gasteiger partial charge >= 0.3 is 15.5 Å².